The summed E-state index contributed by atoms with van der Waals surface area (Å²) in [6, 6.07) is 10.9. The maximum absolute atomic E-state index is 4.87. The van der Waals surface area contributed by atoms with Gasteiger partial charge in [-0.1, -0.05) is 12.1 Å². The molecule has 0 spiro atoms. The lowest BCUT2D eigenvalue weighted by Crippen LogP contribution is -2.44. The van der Waals surface area contributed by atoms with Crippen LogP contribution in [0.1, 0.15) is 25.6 Å². The number of fused-ring (bicyclic) bond motifs is 3. The molecule has 1 saturated heterocycles. The largest absolute Gasteiger partial charge is 0.368 e. The predicted octanol–water partition coefficient (Wildman–Crippen LogP) is 4.36. The van der Waals surface area contributed by atoms with Gasteiger partial charge in [0.05, 0.1) is 16.9 Å². The van der Waals surface area contributed by atoms with E-state index in [1.54, 1.807) is 0 Å². The molecule has 0 saturated carbocycles. The molecule has 1 aromatic carbocycles. The van der Waals surface area contributed by atoms with Crippen molar-refractivity contribution in [2.75, 3.05) is 43.4 Å². The van der Waals surface area contributed by atoms with Crippen LogP contribution in [0.25, 0.3) is 21.8 Å². The highest BCUT2D eigenvalue weighted by atomic mass is 15.3. The van der Waals surface area contributed by atoms with E-state index < -0.39 is 0 Å². The molecule has 4 aromatic rings. The molecule has 1 N–H and O–H groups in total. The summed E-state index contributed by atoms with van der Waals surface area (Å²) in [6.45, 7) is 10.7. The van der Waals surface area contributed by atoms with Gasteiger partial charge in [0.25, 0.3) is 0 Å². The number of aryl methyl sites for hydroxylation is 1. The van der Waals surface area contributed by atoms with Crippen LogP contribution < -0.4 is 10.2 Å². The Morgan fingerprint density at radius 3 is 2.45 bits per heavy atom. The van der Waals surface area contributed by atoms with Gasteiger partial charge >= 0.3 is 0 Å². The van der Waals surface area contributed by atoms with Gasteiger partial charge in [-0.3, -0.25) is 0 Å². The zero-order valence-corrected chi connectivity index (χ0v) is 18.6. The Morgan fingerprint density at radius 1 is 0.935 bits per heavy atom. The van der Waals surface area contributed by atoms with Crippen molar-refractivity contribution < 1.29 is 0 Å². The second kappa shape index (κ2) is 7.81. The molecule has 0 aliphatic carbocycles. The maximum Gasteiger partial charge on any atom is 0.228 e. The van der Waals surface area contributed by atoms with Crippen molar-refractivity contribution >= 4 is 39.3 Å². The van der Waals surface area contributed by atoms with Crippen molar-refractivity contribution in [3.8, 4) is 0 Å². The minimum atomic E-state index is 0.362. The molecule has 7 nitrogen and oxygen atoms in total. The third-order valence-corrected chi connectivity index (χ3v) is 6.13. The van der Waals surface area contributed by atoms with Crippen molar-refractivity contribution in [3.05, 3.63) is 48.4 Å². The first-order valence-corrected chi connectivity index (χ1v) is 10.9. The third-order valence-electron chi connectivity index (χ3n) is 6.13. The normalized spacial score (nSPS) is 15.3. The third kappa shape index (κ3) is 3.70. The fraction of sp³-hybridized carbons (Fsp3) is 0.375. The molecule has 31 heavy (non-hydrogen) atoms. The highest BCUT2D eigenvalue weighted by molar-refractivity contribution is 6.03. The van der Waals surface area contributed by atoms with Gasteiger partial charge in [0.15, 0.2) is 0 Å². The van der Waals surface area contributed by atoms with Gasteiger partial charge in [-0.15, -0.1) is 0 Å². The number of anilines is 3. The topological polar surface area (TPSA) is 62.1 Å². The van der Waals surface area contributed by atoms with E-state index in [1.165, 1.54) is 11.1 Å². The molecule has 0 unspecified atom stereocenters. The van der Waals surface area contributed by atoms with Gasteiger partial charge in [-0.25, -0.2) is 15.0 Å². The second-order valence-electron chi connectivity index (χ2n) is 8.67. The van der Waals surface area contributed by atoms with Gasteiger partial charge in [0.2, 0.25) is 5.95 Å². The molecule has 160 valence electrons. The van der Waals surface area contributed by atoms with Crippen molar-refractivity contribution in [2.45, 2.75) is 26.8 Å². The lowest BCUT2D eigenvalue weighted by molar-refractivity contribution is 0.312. The number of hydrogen-bond acceptors (Lipinski definition) is 6. The Balaban J connectivity index is 1.46. The molecule has 0 amide bonds. The quantitative estimate of drug-likeness (QED) is 0.534. The first-order chi connectivity index (χ1) is 15.0. The van der Waals surface area contributed by atoms with Crippen molar-refractivity contribution in [1.29, 1.82) is 0 Å². The van der Waals surface area contributed by atoms with E-state index in [0.717, 1.165) is 54.1 Å². The van der Waals surface area contributed by atoms with Crippen LogP contribution in [0.15, 0.2) is 42.7 Å². The Bertz CT molecular complexity index is 1240. The van der Waals surface area contributed by atoms with Crippen molar-refractivity contribution in [3.63, 3.8) is 0 Å². The van der Waals surface area contributed by atoms with Gasteiger partial charge in [0.1, 0.15) is 11.3 Å². The molecular weight excluding hydrogens is 386 g/mol. The van der Waals surface area contributed by atoms with E-state index in [2.05, 4.69) is 82.9 Å². The van der Waals surface area contributed by atoms with E-state index in [9.17, 15) is 0 Å². The van der Waals surface area contributed by atoms with Crippen molar-refractivity contribution in [2.24, 2.45) is 0 Å². The summed E-state index contributed by atoms with van der Waals surface area (Å²) in [5, 5.41) is 5.54. The first kappa shape index (κ1) is 19.8. The number of rotatable bonds is 4. The zero-order chi connectivity index (χ0) is 21.5. The molecule has 3 aromatic heterocycles. The molecule has 0 radical (unpaired) electrons. The number of aromatic nitrogens is 4. The van der Waals surface area contributed by atoms with E-state index in [-0.39, 0.29) is 0 Å². The SMILES string of the molecule is Cc1nc(Nc2ncc3ccc4ccn(C(C)C)c4c3n2)ccc1N1CCN(C)CC1. The Morgan fingerprint density at radius 2 is 1.71 bits per heavy atom. The van der Waals surface area contributed by atoms with Crippen LogP contribution in [0.2, 0.25) is 0 Å². The fourth-order valence-electron chi connectivity index (χ4n) is 4.35. The molecule has 1 aliphatic rings. The summed E-state index contributed by atoms with van der Waals surface area (Å²) in [5.41, 5.74) is 4.33. The number of nitrogens with one attached hydrogen (secondary N) is 1. The predicted molar refractivity (Wildman–Crippen MR) is 127 cm³/mol. The summed E-state index contributed by atoms with van der Waals surface area (Å²) in [5.74, 6) is 1.33. The second-order valence-corrected chi connectivity index (χ2v) is 8.67. The van der Waals surface area contributed by atoms with Gasteiger partial charge in [0, 0.05) is 55.4 Å². The Kier molecular flexibility index (Phi) is 4.98. The average molecular weight is 416 g/mol. The maximum atomic E-state index is 4.87. The van der Waals surface area contributed by atoms with Crippen molar-refractivity contribution in [1.82, 2.24) is 24.4 Å². The summed E-state index contributed by atoms with van der Waals surface area (Å²) in [4.78, 5) is 19.0. The molecule has 1 fully saturated rings. The fourth-order valence-corrected chi connectivity index (χ4v) is 4.35. The van der Waals surface area contributed by atoms with Crippen LogP contribution in [0.4, 0.5) is 17.5 Å². The summed E-state index contributed by atoms with van der Waals surface area (Å²) in [7, 11) is 2.17. The van der Waals surface area contributed by atoms with Crippen LogP contribution in [0.5, 0.6) is 0 Å². The van der Waals surface area contributed by atoms with E-state index in [1.807, 2.05) is 12.3 Å². The molecule has 5 rings (SSSR count). The summed E-state index contributed by atoms with van der Waals surface area (Å²) in [6.07, 6.45) is 4.01. The molecular formula is C24H29N7. The lowest BCUT2D eigenvalue weighted by atomic mass is 10.2. The minimum Gasteiger partial charge on any atom is -0.368 e. The average Bonchev–Trinajstić information content (AvgIpc) is 3.20. The smallest absolute Gasteiger partial charge is 0.228 e. The van der Waals surface area contributed by atoms with E-state index in [0.29, 0.717) is 12.0 Å². The standard InChI is InChI=1S/C24H29N7/c1-16(2)31-10-9-18-5-6-19-15-25-24(28-22(19)23(18)31)27-21-8-7-20(17(3)26-21)30-13-11-29(4)12-14-30/h5-10,15-16H,11-14H2,1-4H3,(H,25,26,27,28). The molecule has 4 heterocycles. The van der Waals surface area contributed by atoms with Gasteiger partial charge in [-0.05, 0) is 46.0 Å². The summed E-state index contributed by atoms with van der Waals surface area (Å²) >= 11 is 0. The Labute approximate surface area is 182 Å². The van der Waals surface area contributed by atoms with Crippen LogP contribution in [-0.4, -0.2) is 57.6 Å². The zero-order valence-electron chi connectivity index (χ0n) is 18.6. The number of likely N-dealkylation sites (N-methyl/N-ethyl adjacent to an activating group) is 1. The molecule has 0 atom stereocenters. The molecule has 0 bridgehead atoms. The Hall–Kier alpha value is -3.19. The highest BCUT2D eigenvalue weighted by Gasteiger charge is 2.17. The lowest BCUT2D eigenvalue weighted by Gasteiger charge is -2.34. The monoisotopic (exact) mass is 415 g/mol. The van der Waals surface area contributed by atoms with Gasteiger partial charge in [-0.2, -0.15) is 0 Å². The van der Waals surface area contributed by atoms with Gasteiger partial charge < -0.3 is 19.7 Å². The number of hydrogen-bond donors (Lipinski definition) is 1. The number of piperazine rings is 1. The number of benzene rings is 1. The van der Waals surface area contributed by atoms with Crippen LogP contribution >= 0.6 is 0 Å². The van der Waals surface area contributed by atoms with E-state index >= 15 is 0 Å². The summed E-state index contributed by atoms with van der Waals surface area (Å²) < 4.78 is 2.27. The van der Waals surface area contributed by atoms with E-state index in [4.69, 9.17) is 9.97 Å². The highest BCUT2D eigenvalue weighted by Crippen LogP contribution is 2.28. The van der Waals surface area contributed by atoms with Crippen LogP contribution in [-0.2, 0) is 0 Å². The molecule has 1 aliphatic heterocycles. The first-order valence-electron chi connectivity index (χ1n) is 10.9. The number of pyridine rings is 1. The molecule has 7 heteroatoms. The van der Waals surface area contributed by atoms with Crippen LogP contribution in [0, 0.1) is 6.92 Å². The minimum absolute atomic E-state index is 0.362. The van der Waals surface area contributed by atoms with Crippen LogP contribution in [0.3, 0.4) is 0 Å². The number of nitrogens with zero attached hydrogens (tertiary/aromatic N) is 6.